The fourth-order valence-electron chi connectivity index (χ4n) is 2.87. The van der Waals surface area contributed by atoms with Crippen LogP contribution in [0.1, 0.15) is 36.1 Å². The molecule has 2 rings (SSSR count). The van der Waals surface area contributed by atoms with Gasteiger partial charge in [0, 0.05) is 32.2 Å². The van der Waals surface area contributed by atoms with Gasteiger partial charge in [0.15, 0.2) is 0 Å². The van der Waals surface area contributed by atoms with Crippen LogP contribution in [-0.2, 0) is 12.4 Å². The van der Waals surface area contributed by atoms with E-state index >= 15 is 0 Å². The average Bonchev–Trinajstić information content (AvgIpc) is 2.47. The van der Waals surface area contributed by atoms with Crippen molar-refractivity contribution in [2.75, 3.05) is 26.2 Å². The number of rotatable bonds is 3. The summed E-state index contributed by atoms with van der Waals surface area (Å²) in [6.45, 7) is 4.29. The van der Waals surface area contributed by atoms with Crippen molar-refractivity contribution in [1.82, 2.24) is 10.2 Å². The first-order chi connectivity index (χ1) is 10.6. The predicted octanol–water partition coefficient (Wildman–Crippen LogP) is 4.92. The summed E-state index contributed by atoms with van der Waals surface area (Å²) in [4.78, 5) is 1.92. The highest BCUT2D eigenvalue weighted by atomic mass is 35.5. The number of piperazine rings is 1. The molecule has 0 amide bonds. The Morgan fingerprint density at radius 1 is 0.920 bits per heavy atom. The molecule has 1 aromatic carbocycles. The molecule has 146 valence electrons. The normalized spacial score (nSPS) is 17.4. The van der Waals surface area contributed by atoms with Gasteiger partial charge in [-0.1, -0.05) is 6.92 Å². The van der Waals surface area contributed by atoms with Crippen LogP contribution in [0.4, 0.5) is 26.3 Å². The van der Waals surface area contributed by atoms with E-state index in [1.807, 2.05) is 4.90 Å². The molecule has 2 nitrogen and oxygen atoms in total. The summed E-state index contributed by atoms with van der Waals surface area (Å²) >= 11 is 0. The number of halogens is 8. The van der Waals surface area contributed by atoms with Gasteiger partial charge < -0.3 is 5.32 Å². The van der Waals surface area contributed by atoms with Gasteiger partial charge in [0.2, 0.25) is 0 Å². The van der Waals surface area contributed by atoms with Crippen molar-refractivity contribution in [1.29, 1.82) is 0 Å². The zero-order valence-corrected chi connectivity index (χ0v) is 15.0. The molecule has 0 spiro atoms. The molecule has 0 aliphatic carbocycles. The van der Waals surface area contributed by atoms with Crippen molar-refractivity contribution >= 4 is 24.8 Å². The minimum absolute atomic E-state index is 0. The third kappa shape index (κ3) is 6.20. The van der Waals surface area contributed by atoms with Gasteiger partial charge in [-0.05, 0) is 30.2 Å². The van der Waals surface area contributed by atoms with Gasteiger partial charge in [0.25, 0.3) is 0 Å². The summed E-state index contributed by atoms with van der Waals surface area (Å²) in [7, 11) is 0. The maximum atomic E-state index is 13.0. The van der Waals surface area contributed by atoms with Crippen molar-refractivity contribution in [2.45, 2.75) is 31.7 Å². The highest BCUT2D eigenvalue weighted by Crippen LogP contribution is 2.38. The SMILES string of the molecule is CC[C@@H](c1cc(C(F)(F)F)cc(C(F)(F)F)c1)N1CCNCC1.Cl.Cl. The molecule has 1 heterocycles. The number of nitrogens with one attached hydrogen (secondary N) is 1. The maximum absolute atomic E-state index is 13.0. The number of nitrogens with zero attached hydrogens (tertiary/aromatic N) is 1. The topological polar surface area (TPSA) is 15.3 Å². The van der Waals surface area contributed by atoms with Crippen LogP contribution in [0, 0.1) is 0 Å². The highest BCUT2D eigenvalue weighted by Gasteiger charge is 2.38. The first-order valence-electron chi connectivity index (χ1n) is 7.37. The van der Waals surface area contributed by atoms with Gasteiger partial charge >= 0.3 is 12.4 Å². The molecular weight excluding hydrogens is 393 g/mol. The van der Waals surface area contributed by atoms with Crippen molar-refractivity contribution in [2.24, 2.45) is 0 Å². The molecule has 0 bridgehead atoms. The van der Waals surface area contributed by atoms with E-state index in [2.05, 4.69) is 5.32 Å². The summed E-state index contributed by atoms with van der Waals surface area (Å²) in [6.07, 6.45) is -9.17. The van der Waals surface area contributed by atoms with Crippen LogP contribution in [-0.4, -0.2) is 31.1 Å². The van der Waals surface area contributed by atoms with Gasteiger partial charge in [-0.25, -0.2) is 0 Å². The molecule has 10 heteroatoms. The van der Waals surface area contributed by atoms with Crippen LogP contribution in [0.15, 0.2) is 18.2 Å². The van der Waals surface area contributed by atoms with E-state index < -0.39 is 29.5 Å². The Labute approximate surface area is 154 Å². The third-order valence-corrected chi connectivity index (χ3v) is 3.97. The number of benzene rings is 1. The van der Waals surface area contributed by atoms with E-state index in [-0.39, 0.29) is 36.4 Å². The van der Waals surface area contributed by atoms with Crippen LogP contribution in [0.2, 0.25) is 0 Å². The number of hydrogen-bond donors (Lipinski definition) is 1. The molecular formula is C15H20Cl2F6N2. The summed E-state index contributed by atoms with van der Waals surface area (Å²) < 4.78 is 77.7. The molecule has 1 atom stereocenters. The Kier molecular flexibility index (Phi) is 9.04. The van der Waals surface area contributed by atoms with Crippen LogP contribution < -0.4 is 5.32 Å². The first-order valence-corrected chi connectivity index (χ1v) is 7.37. The maximum Gasteiger partial charge on any atom is 0.416 e. The Morgan fingerprint density at radius 2 is 1.36 bits per heavy atom. The van der Waals surface area contributed by atoms with Crippen LogP contribution in [0.3, 0.4) is 0 Å². The van der Waals surface area contributed by atoms with E-state index in [1.54, 1.807) is 6.92 Å². The second-order valence-electron chi connectivity index (χ2n) is 5.55. The summed E-state index contributed by atoms with van der Waals surface area (Å²) in [5.41, 5.74) is -2.44. The van der Waals surface area contributed by atoms with Crippen LogP contribution >= 0.6 is 24.8 Å². The molecule has 1 aliphatic rings. The Morgan fingerprint density at radius 3 is 1.72 bits per heavy atom. The van der Waals surface area contributed by atoms with Gasteiger partial charge in [0.1, 0.15) is 0 Å². The van der Waals surface area contributed by atoms with E-state index in [1.165, 1.54) is 0 Å². The molecule has 1 N–H and O–H groups in total. The molecule has 0 radical (unpaired) electrons. The van der Waals surface area contributed by atoms with E-state index in [4.69, 9.17) is 0 Å². The quantitative estimate of drug-likeness (QED) is 0.708. The standard InChI is InChI=1S/C15H18F6N2.2ClH/c1-2-13(23-5-3-22-4-6-23)10-7-11(14(16,17)18)9-12(8-10)15(19,20)21;;/h7-9,13,22H,2-6H2,1H3;2*1H/t13-;;/m0../s1. The Hall–Kier alpha value is -0.700. The van der Waals surface area contributed by atoms with Gasteiger partial charge in [-0.15, -0.1) is 24.8 Å². The van der Waals surface area contributed by atoms with Crippen molar-refractivity contribution in [3.8, 4) is 0 Å². The lowest BCUT2D eigenvalue weighted by atomic mass is 9.96. The minimum Gasteiger partial charge on any atom is -0.314 e. The van der Waals surface area contributed by atoms with Gasteiger partial charge in [0.05, 0.1) is 11.1 Å². The largest absolute Gasteiger partial charge is 0.416 e. The van der Waals surface area contributed by atoms with Crippen molar-refractivity contribution < 1.29 is 26.3 Å². The number of hydrogen-bond acceptors (Lipinski definition) is 2. The first kappa shape index (κ1) is 24.3. The second-order valence-corrected chi connectivity index (χ2v) is 5.55. The zero-order valence-electron chi connectivity index (χ0n) is 13.4. The highest BCUT2D eigenvalue weighted by molar-refractivity contribution is 5.85. The fourth-order valence-corrected chi connectivity index (χ4v) is 2.87. The Balaban J connectivity index is 0.00000288. The predicted molar refractivity (Wildman–Crippen MR) is 88.4 cm³/mol. The van der Waals surface area contributed by atoms with Crippen molar-refractivity contribution in [3.05, 3.63) is 34.9 Å². The second kappa shape index (κ2) is 9.30. The Bertz CT molecular complexity index is 510. The molecule has 1 fully saturated rings. The monoisotopic (exact) mass is 412 g/mol. The molecule has 1 saturated heterocycles. The lowest BCUT2D eigenvalue weighted by Gasteiger charge is -2.35. The fraction of sp³-hybridized carbons (Fsp3) is 0.600. The molecule has 1 aliphatic heterocycles. The molecule has 0 aromatic heterocycles. The van der Waals surface area contributed by atoms with E-state index in [0.717, 1.165) is 12.1 Å². The van der Waals surface area contributed by atoms with E-state index in [0.29, 0.717) is 32.6 Å². The van der Waals surface area contributed by atoms with Gasteiger partial charge in [-0.3, -0.25) is 4.90 Å². The summed E-state index contributed by atoms with van der Waals surface area (Å²) in [5, 5.41) is 3.11. The average molecular weight is 413 g/mol. The molecule has 0 unspecified atom stereocenters. The lowest BCUT2D eigenvalue weighted by molar-refractivity contribution is -0.143. The van der Waals surface area contributed by atoms with E-state index in [9.17, 15) is 26.3 Å². The zero-order chi connectivity index (χ0) is 17.3. The lowest BCUT2D eigenvalue weighted by Crippen LogP contribution is -2.45. The third-order valence-electron chi connectivity index (χ3n) is 3.97. The number of alkyl halides is 6. The van der Waals surface area contributed by atoms with Crippen molar-refractivity contribution in [3.63, 3.8) is 0 Å². The molecule has 25 heavy (non-hydrogen) atoms. The molecule has 0 saturated carbocycles. The summed E-state index contributed by atoms with van der Waals surface area (Å²) in [5.74, 6) is 0. The van der Waals surface area contributed by atoms with Gasteiger partial charge in [-0.2, -0.15) is 26.3 Å². The minimum atomic E-state index is -4.81. The molecule has 1 aromatic rings. The van der Waals surface area contributed by atoms with Crippen LogP contribution in [0.25, 0.3) is 0 Å². The smallest absolute Gasteiger partial charge is 0.314 e. The van der Waals surface area contributed by atoms with Crippen LogP contribution in [0.5, 0.6) is 0 Å². The summed E-state index contributed by atoms with van der Waals surface area (Å²) in [6, 6.07) is 1.39.